The van der Waals surface area contributed by atoms with Crippen LogP contribution in [0.1, 0.15) is 18.4 Å². The molecule has 102 valence electrons. The first kappa shape index (κ1) is 12.4. The number of nitrogens with one attached hydrogen (secondary N) is 2. The number of urea groups is 1. The van der Waals surface area contributed by atoms with Gasteiger partial charge in [-0.05, 0) is 36.6 Å². The molecule has 3 rings (SSSR count). The third-order valence-corrected chi connectivity index (χ3v) is 3.36. The summed E-state index contributed by atoms with van der Waals surface area (Å²) in [5.41, 5.74) is 7.17. The molecule has 0 radical (unpaired) electrons. The van der Waals surface area contributed by atoms with Crippen molar-refractivity contribution in [3.05, 3.63) is 48.3 Å². The molecule has 0 aliphatic heterocycles. The Bertz CT molecular complexity index is 607. The molecule has 1 aliphatic rings. The lowest BCUT2D eigenvalue weighted by Crippen LogP contribution is -2.38. The van der Waals surface area contributed by atoms with Gasteiger partial charge >= 0.3 is 6.03 Å². The number of nitrogens with two attached hydrogens (primary N) is 1. The van der Waals surface area contributed by atoms with E-state index in [1.165, 1.54) is 0 Å². The highest BCUT2D eigenvalue weighted by Gasteiger charge is 2.45. The topological polar surface area (TPSA) is 92.9 Å². The molecule has 2 aromatic rings. The van der Waals surface area contributed by atoms with Gasteiger partial charge in [0, 0.05) is 18.1 Å². The average Bonchev–Trinajstić information content (AvgIpc) is 3.21. The van der Waals surface area contributed by atoms with Crippen LogP contribution in [0, 0.1) is 0 Å². The molecule has 1 aliphatic carbocycles. The first-order chi connectivity index (χ1) is 9.68. The van der Waals surface area contributed by atoms with Gasteiger partial charge in [0.25, 0.3) is 0 Å². The maximum Gasteiger partial charge on any atom is 0.322 e. The number of nitrogens with zero attached hydrogens (tertiary/aromatic N) is 2. The summed E-state index contributed by atoms with van der Waals surface area (Å²) in [6.45, 7) is 0. The number of nitrogen functional groups attached to an aromatic ring is 1. The largest absolute Gasteiger partial charge is 0.399 e. The lowest BCUT2D eigenvalue weighted by molar-refractivity contribution is 0.247. The molecule has 0 bridgehead atoms. The van der Waals surface area contributed by atoms with Crippen molar-refractivity contribution in [2.45, 2.75) is 18.4 Å². The SMILES string of the molecule is Nc1ccc(C2(NC(=O)Nc3ncccn3)CC2)cc1. The van der Waals surface area contributed by atoms with Crippen LogP contribution in [0.2, 0.25) is 0 Å². The Morgan fingerprint density at radius 1 is 1.15 bits per heavy atom. The Labute approximate surface area is 116 Å². The van der Waals surface area contributed by atoms with Crippen molar-refractivity contribution in [2.75, 3.05) is 11.1 Å². The molecule has 0 saturated heterocycles. The van der Waals surface area contributed by atoms with Crippen LogP contribution in [0.4, 0.5) is 16.4 Å². The van der Waals surface area contributed by atoms with E-state index < -0.39 is 0 Å². The number of rotatable bonds is 3. The Morgan fingerprint density at radius 3 is 2.40 bits per heavy atom. The van der Waals surface area contributed by atoms with E-state index in [1.807, 2.05) is 24.3 Å². The van der Waals surface area contributed by atoms with Crippen molar-refractivity contribution in [3.63, 3.8) is 0 Å². The highest BCUT2D eigenvalue weighted by molar-refractivity contribution is 5.88. The summed E-state index contributed by atoms with van der Waals surface area (Å²) < 4.78 is 0. The number of benzene rings is 1. The zero-order chi connectivity index (χ0) is 14.0. The second-order valence-electron chi connectivity index (χ2n) is 4.86. The lowest BCUT2D eigenvalue weighted by atomic mass is 10.0. The second-order valence-corrected chi connectivity index (χ2v) is 4.86. The molecule has 0 spiro atoms. The standard InChI is InChI=1S/C14H15N5O/c15-11-4-2-10(3-5-11)14(6-7-14)19-13(20)18-12-16-8-1-9-17-12/h1-5,8-9H,6-7,15H2,(H2,16,17,18,19,20). The lowest BCUT2D eigenvalue weighted by Gasteiger charge is -2.18. The first-order valence-corrected chi connectivity index (χ1v) is 6.40. The van der Waals surface area contributed by atoms with E-state index in [4.69, 9.17) is 5.73 Å². The van der Waals surface area contributed by atoms with Gasteiger partial charge in [-0.3, -0.25) is 5.32 Å². The Hall–Kier alpha value is -2.63. The molecule has 2 amide bonds. The molecule has 1 saturated carbocycles. The van der Waals surface area contributed by atoms with Gasteiger partial charge in [-0.1, -0.05) is 12.1 Å². The van der Waals surface area contributed by atoms with Crippen LogP contribution in [0.25, 0.3) is 0 Å². The quantitative estimate of drug-likeness (QED) is 0.741. The van der Waals surface area contributed by atoms with Crippen LogP contribution >= 0.6 is 0 Å². The fourth-order valence-electron chi connectivity index (χ4n) is 2.13. The summed E-state index contributed by atoms with van der Waals surface area (Å²) in [7, 11) is 0. The zero-order valence-corrected chi connectivity index (χ0v) is 10.8. The van der Waals surface area contributed by atoms with E-state index in [-0.39, 0.29) is 17.5 Å². The molecule has 1 aromatic heterocycles. The van der Waals surface area contributed by atoms with Crippen LogP contribution < -0.4 is 16.4 Å². The van der Waals surface area contributed by atoms with E-state index in [2.05, 4.69) is 20.6 Å². The highest BCUT2D eigenvalue weighted by atomic mass is 16.2. The minimum atomic E-state index is -0.300. The van der Waals surface area contributed by atoms with E-state index >= 15 is 0 Å². The molecule has 6 nitrogen and oxygen atoms in total. The number of carbonyl (C=O) groups is 1. The smallest absolute Gasteiger partial charge is 0.322 e. The molecule has 1 heterocycles. The Balaban J connectivity index is 1.68. The van der Waals surface area contributed by atoms with Crippen molar-refractivity contribution in [3.8, 4) is 0 Å². The molecule has 20 heavy (non-hydrogen) atoms. The highest BCUT2D eigenvalue weighted by Crippen LogP contribution is 2.45. The van der Waals surface area contributed by atoms with Gasteiger partial charge < -0.3 is 11.1 Å². The normalized spacial score (nSPS) is 15.4. The number of anilines is 2. The van der Waals surface area contributed by atoms with Gasteiger partial charge in [0.1, 0.15) is 0 Å². The molecule has 0 unspecified atom stereocenters. The van der Waals surface area contributed by atoms with Gasteiger partial charge in [-0.25, -0.2) is 14.8 Å². The van der Waals surface area contributed by atoms with E-state index in [0.29, 0.717) is 5.69 Å². The second kappa shape index (κ2) is 4.80. The van der Waals surface area contributed by atoms with E-state index in [0.717, 1.165) is 18.4 Å². The van der Waals surface area contributed by atoms with Crippen molar-refractivity contribution >= 4 is 17.7 Å². The fraction of sp³-hybridized carbons (Fsp3) is 0.214. The monoisotopic (exact) mass is 269 g/mol. The summed E-state index contributed by atoms with van der Waals surface area (Å²) in [5.74, 6) is 0.290. The number of hydrogen-bond acceptors (Lipinski definition) is 4. The Morgan fingerprint density at radius 2 is 1.80 bits per heavy atom. The maximum absolute atomic E-state index is 12.0. The third-order valence-electron chi connectivity index (χ3n) is 3.36. The zero-order valence-electron chi connectivity index (χ0n) is 10.8. The van der Waals surface area contributed by atoms with Crippen LogP contribution in [0.15, 0.2) is 42.7 Å². The van der Waals surface area contributed by atoms with Gasteiger partial charge in [0.2, 0.25) is 5.95 Å². The average molecular weight is 269 g/mol. The predicted octanol–water partition coefficient (Wildman–Crippen LogP) is 1.87. The third kappa shape index (κ3) is 2.54. The molecule has 1 fully saturated rings. The molecular weight excluding hydrogens is 254 g/mol. The number of amides is 2. The summed E-state index contributed by atoms with van der Waals surface area (Å²) in [6.07, 6.45) is 4.99. The maximum atomic E-state index is 12.0. The minimum Gasteiger partial charge on any atom is -0.399 e. The number of aromatic nitrogens is 2. The summed E-state index contributed by atoms with van der Waals surface area (Å²) in [4.78, 5) is 19.9. The van der Waals surface area contributed by atoms with E-state index in [9.17, 15) is 4.79 Å². The van der Waals surface area contributed by atoms with Crippen LogP contribution in [0.5, 0.6) is 0 Å². The van der Waals surface area contributed by atoms with Gasteiger partial charge in [0.05, 0.1) is 5.54 Å². The van der Waals surface area contributed by atoms with Gasteiger partial charge in [-0.15, -0.1) is 0 Å². The summed E-state index contributed by atoms with van der Waals surface area (Å²) in [6, 6.07) is 8.97. The molecule has 1 aromatic carbocycles. The fourth-order valence-corrected chi connectivity index (χ4v) is 2.13. The van der Waals surface area contributed by atoms with Gasteiger partial charge in [-0.2, -0.15) is 0 Å². The number of hydrogen-bond donors (Lipinski definition) is 3. The summed E-state index contributed by atoms with van der Waals surface area (Å²) >= 11 is 0. The van der Waals surface area contributed by atoms with Crippen LogP contribution in [-0.4, -0.2) is 16.0 Å². The molecule has 0 atom stereocenters. The van der Waals surface area contributed by atoms with Crippen LogP contribution in [-0.2, 0) is 5.54 Å². The molecule has 6 heteroatoms. The summed E-state index contributed by atoms with van der Waals surface area (Å²) in [5, 5.41) is 5.60. The van der Waals surface area contributed by atoms with Gasteiger partial charge in [0.15, 0.2) is 0 Å². The van der Waals surface area contributed by atoms with Crippen molar-refractivity contribution < 1.29 is 4.79 Å². The number of carbonyl (C=O) groups excluding carboxylic acids is 1. The van der Waals surface area contributed by atoms with Crippen molar-refractivity contribution in [1.82, 2.24) is 15.3 Å². The van der Waals surface area contributed by atoms with E-state index in [1.54, 1.807) is 18.5 Å². The molecule has 4 N–H and O–H groups in total. The predicted molar refractivity (Wildman–Crippen MR) is 76.0 cm³/mol. The van der Waals surface area contributed by atoms with Crippen molar-refractivity contribution in [1.29, 1.82) is 0 Å². The molecular formula is C14H15N5O. The van der Waals surface area contributed by atoms with Crippen molar-refractivity contribution in [2.24, 2.45) is 0 Å². The van der Waals surface area contributed by atoms with Crippen LogP contribution in [0.3, 0.4) is 0 Å². The first-order valence-electron chi connectivity index (χ1n) is 6.40. The minimum absolute atomic E-state index is 0.285. The Kier molecular flexibility index (Phi) is 2.98.